The Morgan fingerprint density at radius 2 is 1.65 bits per heavy atom. The molecular weight excluding hydrogens is 244 g/mol. The molecule has 3 aliphatic rings. The van der Waals surface area contributed by atoms with Crippen LogP contribution in [0.15, 0.2) is 42.0 Å². The first-order valence-electron chi connectivity index (χ1n) is 8.34. The Balaban J connectivity index is 1.70. The number of fused-ring (bicyclic) bond motifs is 3. The SMILES string of the molecule is C1=C2[C@H]3CCCC[C@@H]3O[C@@H](c3ccccc3)[C@H]2CCC1. The lowest BCUT2D eigenvalue weighted by Crippen LogP contribution is -2.41. The third kappa shape index (κ3) is 2.13. The highest BCUT2D eigenvalue weighted by Gasteiger charge is 2.43. The Labute approximate surface area is 122 Å². The van der Waals surface area contributed by atoms with E-state index in [0.717, 1.165) is 5.92 Å². The minimum absolute atomic E-state index is 0.307. The van der Waals surface area contributed by atoms with Gasteiger partial charge in [-0.25, -0.2) is 0 Å². The van der Waals surface area contributed by atoms with Crippen LogP contribution in [0.25, 0.3) is 0 Å². The number of ether oxygens (including phenoxy) is 1. The van der Waals surface area contributed by atoms with Gasteiger partial charge in [-0.15, -0.1) is 0 Å². The first kappa shape index (κ1) is 12.6. The second-order valence-electron chi connectivity index (χ2n) is 6.64. The van der Waals surface area contributed by atoms with Gasteiger partial charge in [-0.1, -0.05) is 54.8 Å². The van der Waals surface area contributed by atoms with Gasteiger partial charge < -0.3 is 4.74 Å². The van der Waals surface area contributed by atoms with Crippen LogP contribution in [0.2, 0.25) is 0 Å². The van der Waals surface area contributed by atoms with E-state index in [1.165, 1.54) is 50.5 Å². The molecule has 0 unspecified atom stereocenters. The summed E-state index contributed by atoms with van der Waals surface area (Å²) in [5.41, 5.74) is 3.13. The molecule has 1 saturated heterocycles. The molecule has 0 aromatic heterocycles. The third-order valence-corrected chi connectivity index (χ3v) is 5.47. The molecule has 1 aliphatic heterocycles. The summed E-state index contributed by atoms with van der Waals surface area (Å²) >= 11 is 0. The van der Waals surface area contributed by atoms with Gasteiger partial charge in [0.2, 0.25) is 0 Å². The van der Waals surface area contributed by atoms with E-state index in [2.05, 4.69) is 36.4 Å². The molecule has 20 heavy (non-hydrogen) atoms. The molecule has 106 valence electrons. The van der Waals surface area contributed by atoms with E-state index in [1.807, 2.05) is 0 Å². The fourth-order valence-electron chi connectivity index (χ4n) is 4.55. The van der Waals surface area contributed by atoms with E-state index >= 15 is 0 Å². The maximum absolute atomic E-state index is 6.61. The number of hydrogen-bond acceptors (Lipinski definition) is 1. The fraction of sp³-hybridized carbons (Fsp3) is 0.579. The molecule has 1 saturated carbocycles. The first-order chi connectivity index (χ1) is 9.93. The molecule has 0 spiro atoms. The minimum atomic E-state index is 0.307. The van der Waals surface area contributed by atoms with Crippen LogP contribution in [0, 0.1) is 11.8 Å². The third-order valence-electron chi connectivity index (χ3n) is 5.47. The molecule has 4 rings (SSSR count). The second-order valence-corrected chi connectivity index (χ2v) is 6.64. The van der Waals surface area contributed by atoms with Crippen LogP contribution in [0.5, 0.6) is 0 Å². The topological polar surface area (TPSA) is 9.23 Å². The highest BCUT2D eigenvalue weighted by molar-refractivity contribution is 5.27. The van der Waals surface area contributed by atoms with Gasteiger partial charge >= 0.3 is 0 Å². The zero-order valence-electron chi connectivity index (χ0n) is 12.1. The summed E-state index contributed by atoms with van der Waals surface area (Å²) < 4.78 is 6.61. The Morgan fingerprint density at radius 3 is 2.55 bits per heavy atom. The smallest absolute Gasteiger partial charge is 0.0894 e. The highest BCUT2D eigenvalue weighted by atomic mass is 16.5. The summed E-state index contributed by atoms with van der Waals surface area (Å²) in [5, 5.41) is 0. The molecular formula is C19H24O. The standard InChI is InChI=1S/C19H24O/c1-2-8-14(9-3-1)19-17-12-5-4-10-15(17)16-11-6-7-13-18(16)20-19/h1-3,8-10,16-19H,4-7,11-13H2/t16-,17+,18+,19+/m1/s1. The molecule has 1 heteroatoms. The molecule has 4 atom stereocenters. The van der Waals surface area contributed by atoms with Gasteiger partial charge in [0.05, 0.1) is 12.2 Å². The lowest BCUT2D eigenvalue weighted by Gasteiger charge is -2.47. The Morgan fingerprint density at radius 1 is 0.850 bits per heavy atom. The zero-order valence-corrected chi connectivity index (χ0v) is 12.1. The van der Waals surface area contributed by atoms with Crippen molar-refractivity contribution in [2.24, 2.45) is 11.8 Å². The normalized spacial score (nSPS) is 36.7. The van der Waals surface area contributed by atoms with Crippen LogP contribution in [-0.4, -0.2) is 6.10 Å². The van der Waals surface area contributed by atoms with Crippen molar-refractivity contribution in [1.82, 2.24) is 0 Å². The number of allylic oxidation sites excluding steroid dienone is 1. The van der Waals surface area contributed by atoms with E-state index in [-0.39, 0.29) is 0 Å². The maximum Gasteiger partial charge on any atom is 0.0894 e. The monoisotopic (exact) mass is 268 g/mol. The van der Waals surface area contributed by atoms with Crippen molar-refractivity contribution in [3.8, 4) is 0 Å². The molecule has 1 heterocycles. The van der Waals surface area contributed by atoms with Gasteiger partial charge in [-0.3, -0.25) is 0 Å². The van der Waals surface area contributed by atoms with Crippen LogP contribution < -0.4 is 0 Å². The van der Waals surface area contributed by atoms with E-state index < -0.39 is 0 Å². The van der Waals surface area contributed by atoms with Gasteiger partial charge in [0.1, 0.15) is 0 Å². The Bertz CT molecular complexity index is 490. The fourth-order valence-corrected chi connectivity index (χ4v) is 4.55. The molecule has 0 bridgehead atoms. The summed E-state index contributed by atoms with van der Waals surface area (Å²) in [5.74, 6) is 1.37. The zero-order chi connectivity index (χ0) is 13.4. The number of rotatable bonds is 1. The molecule has 2 fully saturated rings. The quantitative estimate of drug-likeness (QED) is 0.648. The molecule has 1 nitrogen and oxygen atoms in total. The van der Waals surface area contributed by atoms with Gasteiger partial charge in [0.15, 0.2) is 0 Å². The maximum atomic E-state index is 6.61. The summed E-state index contributed by atoms with van der Waals surface area (Å²) in [4.78, 5) is 0. The van der Waals surface area contributed by atoms with Crippen LogP contribution in [0.4, 0.5) is 0 Å². The second kappa shape index (κ2) is 5.37. The lowest BCUT2D eigenvalue weighted by atomic mass is 9.68. The van der Waals surface area contributed by atoms with Gasteiger partial charge in [-0.05, 0) is 37.7 Å². The summed E-state index contributed by atoms with van der Waals surface area (Å²) in [7, 11) is 0. The van der Waals surface area contributed by atoms with Crippen molar-refractivity contribution in [2.75, 3.05) is 0 Å². The molecule has 0 N–H and O–H groups in total. The van der Waals surface area contributed by atoms with Crippen LogP contribution in [0.1, 0.15) is 56.6 Å². The number of hydrogen-bond donors (Lipinski definition) is 0. The van der Waals surface area contributed by atoms with E-state index in [4.69, 9.17) is 4.74 Å². The van der Waals surface area contributed by atoms with E-state index in [0.29, 0.717) is 18.1 Å². The van der Waals surface area contributed by atoms with Crippen molar-refractivity contribution >= 4 is 0 Å². The predicted molar refractivity (Wildman–Crippen MR) is 81.4 cm³/mol. The van der Waals surface area contributed by atoms with Gasteiger partial charge in [0, 0.05) is 11.8 Å². The van der Waals surface area contributed by atoms with Crippen molar-refractivity contribution in [1.29, 1.82) is 0 Å². The predicted octanol–water partition coefficient (Wildman–Crippen LogP) is 5.04. The summed E-state index contributed by atoms with van der Waals surface area (Å²) in [6, 6.07) is 10.9. The average Bonchev–Trinajstić information content (AvgIpc) is 2.55. The number of benzene rings is 1. The van der Waals surface area contributed by atoms with Crippen molar-refractivity contribution < 1.29 is 4.74 Å². The van der Waals surface area contributed by atoms with E-state index in [9.17, 15) is 0 Å². The lowest BCUT2D eigenvalue weighted by molar-refractivity contribution is -0.106. The van der Waals surface area contributed by atoms with Crippen molar-refractivity contribution in [2.45, 2.75) is 57.2 Å². The average molecular weight is 268 g/mol. The molecule has 2 aliphatic carbocycles. The van der Waals surface area contributed by atoms with Crippen LogP contribution >= 0.6 is 0 Å². The van der Waals surface area contributed by atoms with Crippen LogP contribution in [0.3, 0.4) is 0 Å². The van der Waals surface area contributed by atoms with Crippen LogP contribution in [-0.2, 0) is 4.74 Å². The molecule has 1 aromatic carbocycles. The highest BCUT2D eigenvalue weighted by Crippen LogP contribution is 2.50. The van der Waals surface area contributed by atoms with Gasteiger partial charge in [-0.2, -0.15) is 0 Å². The molecule has 0 amide bonds. The van der Waals surface area contributed by atoms with Gasteiger partial charge in [0.25, 0.3) is 0 Å². The van der Waals surface area contributed by atoms with Crippen molar-refractivity contribution in [3.05, 3.63) is 47.5 Å². The van der Waals surface area contributed by atoms with E-state index in [1.54, 1.807) is 5.57 Å². The largest absolute Gasteiger partial charge is 0.369 e. The summed E-state index contributed by atoms with van der Waals surface area (Å²) in [6.07, 6.45) is 12.6. The van der Waals surface area contributed by atoms with Crippen molar-refractivity contribution in [3.63, 3.8) is 0 Å². The summed E-state index contributed by atoms with van der Waals surface area (Å²) in [6.45, 7) is 0. The molecule has 0 radical (unpaired) electrons. The Hall–Kier alpha value is -1.08. The Kier molecular flexibility index (Phi) is 3.39. The first-order valence-corrected chi connectivity index (χ1v) is 8.34. The minimum Gasteiger partial charge on any atom is -0.369 e. The molecule has 1 aromatic rings.